The van der Waals surface area contributed by atoms with E-state index in [1.54, 1.807) is 14.2 Å². The lowest BCUT2D eigenvalue weighted by molar-refractivity contribution is 0.198. The zero-order valence-corrected chi connectivity index (χ0v) is 11.3. The number of nitrogens with two attached hydrogens (primary N) is 1. The van der Waals surface area contributed by atoms with Gasteiger partial charge >= 0.3 is 0 Å². The molecule has 1 heterocycles. The van der Waals surface area contributed by atoms with Gasteiger partial charge in [0, 0.05) is 26.7 Å². The lowest BCUT2D eigenvalue weighted by atomic mass is 10.3. The fourth-order valence-electron chi connectivity index (χ4n) is 1.54. The molecule has 0 unspecified atom stereocenters. The minimum atomic E-state index is 0.433. The molecule has 18 heavy (non-hydrogen) atoms. The van der Waals surface area contributed by atoms with Gasteiger partial charge in [-0.3, -0.25) is 0 Å². The van der Waals surface area contributed by atoms with Crippen LogP contribution in [0.3, 0.4) is 0 Å². The number of aromatic nitrogens is 2. The molecular formula is C12H22N4O2. The molecule has 1 aromatic rings. The molecule has 6 heteroatoms. The Morgan fingerprint density at radius 2 is 2.06 bits per heavy atom. The second-order valence-electron chi connectivity index (χ2n) is 3.93. The minimum absolute atomic E-state index is 0.433. The van der Waals surface area contributed by atoms with Gasteiger partial charge in [0.1, 0.15) is 11.5 Å². The summed E-state index contributed by atoms with van der Waals surface area (Å²) in [5, 5.41) is 3.19. The molecule has 0 atom stereocenters. The largest absolute Gasteiger partial charge is 0.479 e. The van der Waals surface area contributed by atoms with Gasteiger partial charge in [-0.05, 0) is 12.8 Å². The highest BCUT2D eigenvalue weighted by atomic mass is 16.5. The Hall–Kier alpha value is -1.56. The van der Waals surface area contributed by atoms with Gasteiger partial charge in [-0.15, -0.1) is 0 Å². The van der Waals surface area contributed by atoms with Crippen LogP contribution in [-0.4, -0.2) is 37.3 Å². The molecule has 6 nitrogen and oxygen atoms in total. The molecule has 0 bridgehead atoms. The van der Waals surface area contributed by atoms with Gasteiger partial charge in [0.2, 0.25) is 5.88 Å². The first-order valence-electron chi connectivity index (χ1n) is 6.16. The predicted molar refractivity (Wildman–Crippen MR) is 72.0 cm³/mol. The second-order valence-corrected chi connectivity index (χ2v) is 3.93. The van der Waals surface area contributed by atoms with Gasteiger partial charge in [-0.25, -0.2) is 4.98 Å². The third-order valence-corrected chi connectivity index (χ3v) is 2.44. The molecule has 0 saturated heterocycles. The van der Waals surface area contributed by atoms with Crippen molar-refractivity contribution in [3.63, 3.8) is 0 Å². The molecule has 0 aliphatic rings. The molecule has 0 fully saturated rings. The minimum Gasteiger partial charge on any atom is -0.479 e. The van der Waals surface area contributed by atoms with Crippen molar-refractivity contribution in [1.29, 1.82) is 0 Å². The molecule has 0 saturated carbocycles. The molecule has 0 aromatic carbocycles. The fourth-order valence-corrected chi connectivity index (χ4v) is 1.54. The van der Waals surface area contributed by atoms with E-state index >= 15 is 0 Å². The normalized spacial score (nSPS) is 10.4. The van der Waals surface area contributed by atoms with Crippen molar-refractivity contribution in [3.05, 3.63) is 5.82 Å². The molecule has 1 aromatic heterocycles. The summed E-state index contributed by atoms with van der Waals surface area (Å²) in [7, 11) is 3.24. The van der Waals surface area contributed by atoms with E-state index < -0.39 is 0 Å². The maximum atomic E-state index is 5.93. The van der Waals surface area contributed by atoms with Crippen LogP contribution in [-0.2, 0) is 11.2 Å². The standard InChI is InChI=1S/C12H22N4O2/c1-4-6-9-15-11(14-7-5-8-17-2)10(13)12(16-9)18-3/h4-8,13H2,1-3H3,(H,14,15,16). The van der Waals surface area contributed by atoms with Crippen LogP contribution in [0.2, 0.25) is 0 Å². The van der Waals surface area contributed by atoms with E-state index in [0.717, 1.165) is 31.6 Å². The first-order valence-corrected chi connectivity index (χ1v) is 6.16. The zero-order valence-electron chi connectivity index (χ0n) is 11.3. The van der Waals surface area contributed by atoms with Gasteiger partial charge < -0.3 is 20.5 Å². The summed E-state index contributed by atoms with van der Waals surface area (Å²) in [6.07, 6.45) is 2.69. The summed E-state index contributed by atoms with van der Waals surface area (Å²) in [4.78, 5) is 8.66. The zero-order chi connectivity index (χ0) is 13.4. The van der Waals surface area contributed by atoms with E-state index in [1.807, 2.05) is 0 Å². The monoisotopic (exact) mass is 254 g/mol. The van der Waals surface area contributed by atoms with Crippen molar-refractivity contribution in [1.82, 2.24) is 9.97 Å². The number of nitrogen functional groups attached to an aromatic ring is 1. The molecule has 0 spiro atoms. The Kier molecular flexibility index (Phi) is 6.21. The maximum Gasteiger partial charge on any atom is 0.242 e. The molecule has 0 radical (unpaired) electrons. The number of nitrogens with zero attached hydrogens (tertiary/aromatic N) is 2. The average Bonchev–Trinajstić information content (AvgIpc) is 2.38. The van der Waals surface area contributed by atoms with E-state index in [-0.39, 0.29) is 0 Å². The highest BCUT2D eigenvalue weighted by Gasteiger charge is 2.11. The Labute approximate surface area is 108 Å². The summed E-state index contributed by atoms with van der Waals surface area (Å²) in [6.45, 7) is 3.54. The highest BCUT2D eigenvalue weighted by Crippen LogP contribution is 2.25. The van der Waals surface area contributed by atoms with Crippen LogP contribution in [0.15, 0.2) is 0 Å². The second kappa shape index (κ2) is 7.71. The van der Waals surface area contributed by atoms with Crippen LogP contribution < -0.4 is 15.8 Å². The summed E-state index contributed by atoms with van der Waals surface area (Å²) >= 11 is 0. The Bertz CT molecular complexity index is 371. The van der Waals surface area contributed by atoms with E-state index in [0.29, 0.717) is 24.0 Å². The molecule has 3 N–H and O–H groups in total. The summed E-state index contributed by atoms with van der Waals surface area (Å²) in [5.41, 5.74) is 6.38. The Morgan fingerprint density at radius 3 is 2.67 bits per heavy atom. The maximum absolute atomic E-state index is 5.93. The number of anilines is 2. The first kappa shape index (κ1) is 14.5. The van der Waals surface area contributed by atoms with Crippen LogP contribution in [0.5, 0.6) is 5.88 Å². The number of hydrogen-bond donors (Lipinski definition) is 2. The van der Waals surface area contributed by atoms with Gasteiger partial charge in [-0.2, -0.15) is 4.98 Å². The van der Waals surface area contributed by atoms with Gasteiger partial charge in [0.15, 0.2) is 5.82 Å². The van der Waals surface area contributed by atoms with E-state index in [2.05, 4.69) is 22.2 Å². The first-order chi connectivity index (χ1) is 8.72. The number of ether oxygens (including phenoxy) is 2. The average molecular weight is 254 g/mol. The van der Waals surface area contributed by atoms with Crippen molar-refractivity contribution in [3.8, 4) is 5.88 Å². The van der Waals surface area contributed by atoms with E-state index in [4.69, 9.17) is 15.2 Å². The van der Waals surface area contributed by atoms with Crippen molar-refractivity contribution in [2.45, 2.75) is 26.2 Å². The van der Waals surface area contributed by atoms with Crippen LogP contribution in [0.4, 0.5) is 11.5 Å². The third-order valence-electron chi connectivity index (χ3n) is 2.44. The molecule has 1 rings (SSSR count). The van der Waals surface area contributed by atoms with Crippen molar-refractivity contribution >= 4 is 11.5 Å². The third kappa shape index (κ3) is 4.03. The molecule has 0 aliphatic carbocycles. The van der Waals surface area contributed by atoms with Crippen molar-refractivity contribution in [2.24, 2.45) is 0 Å². The number of nitrogens with one attached hydrogen (secondary N) is 1. The quantitative estimate of drug-likeness (QED) is 0.684. The van der Waals surface area contributed by atoms with Crippen LogP contribution in [0, 0.1) is 0 Å². The van der Waals surface area contributed by atoms with Gasteiger partial charge in [-0.1, -0.05) is 6.92 Å². The summed E-state index contributed by atoms with van der Waals surface area (Å²) in [6, 6.07) is 0. The lowest BCUT2D eigenvalue weighted by Gasteiger charge is -2.12. The Balaban J connectivity index is 2.77. The van der Waals surface area contributed by atoms with E-state index in [9.17, 15) is 0 Å². The van der Waals surface area contributed by atoms with Crippen LogP contribution >= 0.6 is 0 Å². The number of aryl methyl sites for hydroxylation is 1. The summed E-state index contributed by atoms with van der Waals surface area (Å²) < 4.78 is 10.1. The van der Waals surface area contributed by atoms with Crippen molar-refractivity contribution in [2.75, 3.05) is 38.4 Å². The van der Waals surface area contributed by atoms with Crippen LogP contribution in [0.25, 0.3) is 0 Å². The SMILES string of the molecule is CCCc1nc(NCCCOC)c(N)c(OC)n1. The molecule has 102 valence electrons. The highest BCUT2D eigenvalue weighted by molar-refractivity contribution is 5.66. The molecule has 0 amide bonds. The number of rotatable bonds is 8. The lowest BCUT2D eigenvalue weighted by Crippen LogP contribution is -2.11. The molecule has 0 aliphatic heterocycles. The fraction of sp³-hybridized carbons (Fsp3) is 0.667. The van der Waals surface area contributed by atoms with E-state index in [1.165, 1.54) is 0 Å². The smallest absolute Gasteiger partial charge is 0.242 e. The van der Waals surface area contributed by atoms with Gasteiger partial charge in [0.25, 0.3) is 0 Å². The number of hydrogen-bond acceptors (Lipinski definition) is 6. The topological polar surface area (TPSA) is 82.3 Å². The Morgan fingerprint density at radius 1 is 1.28 bits per heavy atom. The van der Waals surface area contributed by atoms with Crippen LogP contribution in [0.1, 0.15) is 25.6 Å². The molecular weight excluding hydrogens is 232 g/mol. The number of methoxy groups -OCH3 is 2. The summed E-state index contributed by atoms with van der Waals surface area (Å²) in [5.74, 6) is 1.82. The van der Waals surface area contributed by atoms with Crippen molar-refractivity contribution < 1.29 is 9.47 Å². The predicted octanol–water partition coefficient (Wildman–Crippen LogP) is 1.47. The van der Waals surface area contributed by atoms with Gasteiger partial charge in [0.05, 0.1) is 7.11 Å².